The molecule has 0 spiro atoms. The highest BCUT2D eigenvalue weighted by Gasteiger charge is 2.09. The zero-order valence-electron chi connectivity index (χ0n) is 14.7. The average molecular weight is 355 g/mol. The van der Waals surface area contributed by atoms with E-state index in [0.717, 1.165) is 27.8 Å². The fraction of sp³-hybridized carbons (Fsp3) is 0.211. The van der Waals surface area contributed by atoms with Crippen LogP contribution < -0.4 is 19.7 Å². The zero-order chi connectivity index (χ0) is 17.8. The molecule has 0 atom stereocenters. The number of hydrogen-bond donors (Lipinski definition) is 1. The summed E-state index contributed by atoms with van der Waals surface area (Å²) in [6, 6.07) is 14.0. The molecule has 0 bridgehead atoms. The number of nitrogens with zero attached hydrogens (tertiary/aromatic N) is 2. The summed E-state index contributed by atoms with van der Waals surface area (Å²) in [5, 5.41) is 6.17. The van der Waals surface area contributed by atoms with Gasteiger partial charge in [0.1, 0.15) is 11.5 Å². The highest BCUT2D eigenvalue weighted by Crippen LogP contribution is 2.34. The number of anilines is 3. The number of ether oxygens (including phenoxy) is 2. The molecule has 0 saturated heterocycles. The van der Waals surface area contributed by atoms with Crippen LogP contribution in [0, 0.1) is 0 Å². The molecule has 3 rings (SSSR count). The van der Waals surface area contributed by atoms with Crippen LogP contribution in [0.25, 0.3) is 11.3 Å². The van der Waals surface area contributed by atoms with E-state index in [0.29, 0.717) is 5.75 Å². The van der Waals surface area contributed by atoms with E-state index in [-0.39, 0.29) is 0 Å². The molecule has 1 aromatic heterocycles. The van der Waals surface area contributed by atoms with E-state index in [1.54, 1.807) is 25.6 Å². The van der Waals surface area contributed by atoms with Crippen LogP contribution >= 0.6 is 11.3 Å². The van der Waals surface area contributed by atoms with Crippen LogP contribution in [0.4, 0.5) is 16.5 Å². The first-order valence-electron chi connectivity index (χ1n) is 7.83. The molecule has 6 heteroatoms. The van der Waals surface area contributed by atoms with Crippen LogP contribution in [0.5, 0.6) is 11.5 Å². The molecule has 0 amide bonds. The van der Waals surface area contributed by atoms with Crippen molar-refractivity contribution in [2.75, 3.05) is 38.5 Å². The molecule has 0 aliphatic heterocycles. The Morgan fingerprint density at radius 2 is 1.76 bits per heavy atom. The average Bonchev–Trinajstić information content (AvgIpc) is 3.10. The van der Waals surface area contributed by atoms with Crippen LogP contribution in [0.1, 0.15) is 0 Å². The molecule has 0 saturated carbocycles. The van der Waals surface area contributed by atoms with E-state index in [4.69, 9.17) is 9.47 Å². The molecule has 1 N–H and O–H groups in total. The van der Waals surface area contributed by atoms with Gasteiger partial charge in [-0.2, -0.15) is 0 Å². The van der Waals surface area contributed by atoms with Crippen molar-refractivity contribution in [3.05, 3.63) is 47.8 Å². The van der Waals surface area contributed by atoms with Gasteiger partial charge in [0.15, 0.2) is 5.13 Å². The lowest BCUT2D eigenvalue weighted by Crippen LogP contribution is -2.07. The Kier molecular flexibility index (Phi) is 5.09. The summed E-state index contributed by atoms with van der Waals surface area (Å²) in [6.45, 7) is 0. The Balaban J connectivity index is 1.80. The van der Waals surface area contributed by atoms with Gasteiger partial charge < -0.3 is 19.7 Å². The van der Waals surface area contributed by atoms with E-state index >= 15 is 0 Å². The molecule has 2 aromatic carbocycles. The van der Waals surface area contributed by atoms with Crippen LogP contribution in [0.3, 0.4) is 0 Å². The van der Waals surface area contributed by atoms with Gasteiger partial charge in [0.05, 0.1) is 25.6 Å². The predicted molar refractivity (Wildman–Crippen MR) is 105 cm³/mol. The Labute approximate surface area is 151 Å². The third-order valence-corrected chi connectivity index (χ3v) is 4.59. The summed E-state index contributed by atoms with van der Waals surface area (Å²) in [5.41, 5.74) is 4.06. The number of benzene rings is 2. The van der Waals surface area contributed by atoms with Crippen LogP contribution in [-0.2, 0) is 0 Å². The second-order valence-corrected chi connectivity index (χ2v) is 6.53. The van der Waals surface area contributed by atoms with E-state index in [9.17, 15) is 0 Å². The first-order chi connectivity index (χ1) is 12.1. The molecule has 0 unspecified atom stereocenters. The van der Waals surface area contributed by atoms with E-state index in [1.807, 2.05) is 37.7 Å². The molecule has 0 fully saturated rings. The van der Waals surface area contributed by atoms with Crippen molar-refractivity contribution in [2.45, 2.75) is 0 Å². The predicted octanol–water partition coefficient (Wildman–Crippen LogP) is 4.64. The van der Waals surface area contributed by atoms with E-state index < -0.39 is 0 Å². The number of thiazole rings is 1. The SMILES string of the molecule is COc1ccc(Nc2nc(-c3ccc(N(C)C)cc3)cs2)c(OC)c1. The minimum absolute atomic E-state index is 0.714. The Hall–Kier alpha value is -2.73. The van der Waals surface area contributed by atoms with Gasteiger partial charge in [0, 0.05) is 36.8 Å². The van der Waals surface area contributed by atoms with E-state index in [2.05, 4.69) is 39.5 Å². The summed E-state index contributed by atoms with van der Waals surface area (Å²) in [4.78, 5) is 6.75. The smallest absolute Gasteiger partial charge is 0.187 e. The number of nitrogens with one attached hydrogen (secondary N) is 1. The molecule has 5 nitrogen and oxygen atoms in total. The Bertz CT molecular complexity index is 844. The second kappa shape index (κ2) is 7.44. The van der Waals surface area contributed by atoms with Gasteiger partial charge >= 0.3 is 0 Å². The maximum Gasteiger partial charge on any atom is 0.187 e. The summed E-state index contributed by atoms with van der Waals surface area (Å²) >= 11 is 1.56. The van der Waals surface area contributed by atoms with Crippen LogP contribution in [0.2, 0.25) is 0 Å². The lowest BCUT2D eigenvalue weighted by atomic mass is 10.1. The third-order valence-electron chi connectivity index (χ3n) is 3.83. The van der Waals surface area contributed by atoms with Gasteiger partial charge in [-0.3, -0.25) is 0 Å². The molecule has 0 radical (unpaired) electrons. The van der Waals surface area contributed by atoms with Crippen LogP contribution in [0.15, 0.2) is 47.8 Å². The first kappa shape index (κ1) is 17.1. The fourth-order valence-electron chi connectivity index (χ4n) is 2.41. The maximum atomic E-state index is 5.42. The van der Waals surface area contributed by atoms with Crippen molar-refractivity contribution in [3.63, 3.8) is 0 Å². The van der Waals surface area contributed by atoms with Crippen molar-refractivity contribution < 1.29 is 9.47 Å². The minimum atomic E-state index is 0.714. The normalized spacial score (nSPS) is 10.4. The number of aromatic nitrogens is 1. The molecule has 1 heterocycles. The summed E-state index contributed by atoms with van der Waals surface area (Å²) in [7, 11) is 7.33. The zero-order valence-corrected chi connectivity index (χ0v) is 15.6. The topological polar surface area (TPSA) is 46.6 Å². The Morgan fingerprint density at radius 3 is 2.40 bits per heavy atom. The maximum absolute atomic E-state index is 5.42. The van der Waals surface area contributed by atoms with E-state index in [1.165, 1.54) is 5.69 Å². The monoisotopic (exact) mass is 355 g/mol. The number of methoxy groups -OCH3 is 2. The van der Waals surface area contributed by atoms with Crippen molar-refractivity contribution >= 4 is 27.8 Å². The highest BCUT2D eigenvalue weighted by atomic mass is 32.1. The van der Waals surface area contributed by atoms with Gasteiger partial charge in [0.2, 0.25) is 0 Å². The molecular formula is C19H21N3O2S. The van der Waals surface area contributed by atoms with Gasteiger partial charge in [-0.05, 0) is 24.3 Å². The summed E-state index contributed by atoms with van der Waals surface area (Å²) < 4.78 is 10.6. The molecular weight excluding hydrogens is 334 g/mol. The second-order valence-electron chi connectivity index (χ2n) is 5.67. The van der Waals surface area contributed by atoms with Gasteiger partial charge in [-0.15, -0.1) is 11.3 Å². The fourth-order valence-corrected chi connectivity index (χ4v) is 3.14. The summed E-state index contributed by atoms with van der Waals surface area (Å²) in [5.74, 6) is 1.47. The number of rotatable bonds is 6. The van der Waals surface area contributed by atoms with Crippen molar-refractivity contribution in [1.29, 1.82) is 0 Å². The molecule has 0 aliphatic carbocycles. The lowest BCUT2D eigenvalue weighted by molar-refractivity contribution is 0.395. The quantitative estimate of drug-likeness (QED) is 0.698. The highest BCUT2D eigenvalue weighted by molar-refractivity contribution is 7.14. The minimum Gasteiger partial charge on any atom is -0.497 e. The first-order valence-corrected chi connectivity index (χ1v) is 8.71. The van der Waals surface area contributed by atoms with Crippen LogP contribution in [-0.4, -0.2) is 33.3 Å². The third kappa shape index (κ3) is 3.85. The van der Waals surface area contributed by atoms with Gasteiger partial charge in [-0.25, -0.2) is 4.98 Å². The van der Waals surface area contributed by atoms with Crippen molar-refractivity contribution in [2.24, 2.45) is 0 Å². The largest absolute Gasteiger partial charge is 0.497 e. The molecule has 3 aromatic rings. The molecule has 130 valence electrons. The molecule has 25 heavy (non-hydrogen) atoms. The van der Waals surface area contributed by atoms with Gasteiger partial charge in [0.25, 0.3) is 0 Å². The standard InChI is InChI=1S/C19H21N3O2S/c1-22(2)14-7-5-13(6-8-14)17-12-25-19(21-17)20-16-10-9-15(23-3)11-18(16)24-4/h5-12H,1-4H3,(H,20,21). The van der Waals surface area contributed by atoms with Crippen molar-refractivity contribution in [3.8, 4) is 22.8 Å². The Morgan fingerprint density at radius 1 is 1.00 bits per heavy atom. The lowest BCUT2D eigenvalue weighted by Gasteiger charge is -2.12. The van der Waals surface area contributed by atoms with Crippen molar-refractivity contribution in [1.82, 2.24) is 4.98 Å². The number of hydrogen-bond acceptors (Lipinski definition) is 6. The molecule has 0 aliphatic rings. The van der Waals surface area contributed by atoms with Gasteiger partial charge in [-0.1, -0.05) is 12.1 Å². The summed E-state index contributed by atoms with van der Waals surface area (Å²) in [6.07, 6.45) is 0.